The normalized spacial score (nSPS) is 11.6. The average Bonchev–Trinajstić information content (AvgIpc) is 3.85. The number of hydrogen-bond acceptors (Lipinski definition) is 7. The molecule has 0 aliphatic heterocycles. The Kier molecular flexibility index (Phi) is 7.57. The molecule has 4 aromatic heterocycles. The van der Waals surface area contributed by atoms with Gasteiger partial charge in [-0.25, -0.2) is 24.9 Å². The highest BCUT2D eigenvalue weighted by Gasteiger charge is 2.21. The lowest BCUT2D eigenvalue weighted by molar-refractivity contribution is 0.667. The molecule has 7 heteroatoms. The highest BCUT2D eigenvalue weighted by Crippen LogP contribution is 2.43. The second-order valence-electron chi connectivity index (χ2n) is 13.6. The van der Waals surface area contributed by atoms with Gasteiger partial charge in [0.05, 0.1) is 0 Å². The van der Waals surface area contributed by atoms with E-state index in [1.165, 1.54) is 14.8 Å². The monoisotopic (exact) mass is 735 g/mol. The van der Waals surface area contributed by atoms with Crippen LogP contribution in [-0.4, -0.2) is 24.9 Å². The molecular weight excluding hydrogens is 707 g/mol. The largest absolute Gasteiger partial charge is 0.452 e. The van der Waals surface area contributed by atoms with Crippen LogP contribution in [0.2, 0.25) is 0 Å². The molecule has 262 valence electrons. The summed E-state index contributed by atoms with van der Waals surface area (Å²) in [6.07, 6.45) is 0. The Morgan fingerprint density at radius 2 is 0.964 bits per heavy atom. The number of nitrogens with zero attached hydrogens (tertiary/aromatic N) is 5. The van der Waals surface area contributed by atoms with Crippen LogP contribution < -0.4 is 0 Å². The third-order valence-electron chi connectivity index (χ3n) is 10.2. The molecule has 0 fully saturated rings. The number of furan rings is 1. The molecule has 0 spiro atoms. The maximum atomic E-state index is 6.38. The first-order valence-electron chi connectivity index (χ1n) is 18.4. The maximum absolute atomic E-state index is 6.38. The third kappa shape index (κ3) is 5.52. The fourth-order valence-corrected chi connectivity index (χ4v) is 8.64. The zero-order valence-electron chi connectivity index (χ0n) is 29.8. The van der Waals surface area contributed by atoms with E-state index in [9.17, 15) is 0 Å². The van der Waals surface area contributed by atoms with E-state index >= 15 is 0 Å². The number of hydrogen-bond donors (Lipinski definition) is 0. The molecular formula is C49H29N5OS. The molecule has 6 nitrogen and oxygen atoms in total. The van der Waals surface area contributed by atoms with Crippen molar-refractivity contribution in [3.8, 4) is 67.9 Å². The van der Waals surface area contributed by atoms with Gasteiger partial charge in [-0.3, -0.25) is 0 Å². The van der Waals surface area contributed by atoms with Crippen molar-refractivity contribution in [2.75, 3.05) is 0 Å². The van der Waals surface area contributed by atoms with E-state index in [0.717, 1.165) is 66.5 Å². The molecule has 7 aromatic carbocycles. The Bertz CT molecular complexity index is 3190. The summed E-state index contributed by atoms with van der Waals surface area (Å²) in [5.41, 5.74) is 10.1. The van der Waals surface area contributed by atoms with Crippen molar-refractivity contribution in [3.63, 3.8) is 0 Å². The van der Waals surface area contributed by atoms with Gasteiger partial charge in [0.25, 0.3) is 0 Å². The average molecular weight is 736 g/mol. The van der Waals surface area contributed by atoms with Crippen molar-refractivity contribution < 1.29 is 4.42 Å². The van der Waals surface area contributed by atoms with Crippen LogP contribution in [0.15, 0.2) is 180 Å². The fourth-order valence-electron chi connectivity index (χ4n) is 7.47. The van der Waals surface area contributed by atoms with Crippen molar-refractivity contribution in [1.82, 2.24) is 24.9 Å². The van der Waals surface area contributed by atoms with E-state index in [0.29, 0.717) is 28.9 Å². The van der Waals surface area contributed by atoms with Gasteiger partial charge in [-0.1, -0.05) is 146 Å². The van der Waals surface area contributed by atoms with E-state index in [-0.39, 0.29) is 0 Å². The van der Waals surface area contributed by atoms with Crippen molar-refractivity contribution in [2.24, 2.45) is 0 Å². The Hall–Kier alpha value is -7.35. The Labute approximate surface area is 325 Å². The van der Waals surface area contributed by atoms with Crippen LogP contribution in [-0.2, 0) is 0 Å². The van der Waals surface area contributed by atoms with Gasteiger partial charge in [-0.05, 0) is 41.5 Å². The van der Waals surface area contributed by atoms with Gasteiger partial charge in [0.1, 0.15) is 16.8 Å². The first-order valence-corrected chi connectivity index (χ1v) is 19.2. The molecule has 0 radical (unpaired) electrons. The molecule has 0 aliphatic rings. The predicted molar refractivity (Wildman–Crippen MR) is 228 cm³/mol. The minimum absolute atomic E-state index is 0.629. The third-order valence-corrected chi connectivity index (χ3v) is 11.3. The lowest BCUT2D eigenvalue weighted by Gasteiger charge is -2.10. The summed E-state index contributed by atoms with van der Waals surface area (Å²) in [6, 6.07) is 60.0. The minimum atomic E-state index is 0.629. The topological polar surface area (TPSA) is 77.6 Å². The van der Waals surface area contributed by atoms with Crippen LogP contribution in [0.25, 0.3) is 110 Å². The molecule has 56 heavy (non-hydrogen) atoms. The molecule has 11 aromatic rings. The standard InChI is InChI=1S/C49H29N5OS/c1-4-14-30(15-5-1)43-45-44(36-22-10-11-24-39(36)55-45)51-49(50-43)38-23-13-25-40-42(38)37-27-26-34(29-41(37)56-40)33-20-12-21-35(28-33)48-53-46(31-16-6-2-7-17-31)52-47(54-48)32-18-8-3-9-19-32/h1-29H. The minimum Gasteiger partial charge on any atom is -0.452 e. The highest BCUT2D eigenvalue weighted by molar-refractivity contribution is 7.26. The van der Waals surface area contributed by atoms with Gasteiger partial charge in [0.2, 0.25) is 0 Å². The van der Waals surface area contributed by atoms with Crippen LogP contribution in [0.3, 0.4) is 0 Å². The van der Waals surface area contributed by atoms with Crippen molar-refractivity contribution >= 4 is 53.6 Å². The zero-order chi connectivity index (χ0) is 37.0. The molecule has 11 rings (SSSR count). The second-order valence-corrected chi connectivity index (χ2v) is 14.7. The summed E-state index contributed by atoms with van der Waals surface area (Å²) < 4.78 is 8.75. The number of thiophene rings is 1. The van der Waals surface area contributed by atoms with Crippen LogP contribution >= 0.6 is 11.3 Å². The summed E-state index contributed by atoms with van der Waals surface area (Å²) in [7, 11) is 0. The molecule has 0 atom stereocenters. The van der Waals surface area contributed by atoms with E-state index in [2.05, 4.69) is 78.9 Å². The smallest absolute Gasteiger partial charge is 0.180 e. The van der Waals surface area contributed by atoms with Gasteiger partial charge >= 0.3 is 0 Å². The number of rotatable bonds is 6. The number of para-hydroxylation sites is 1. The lowest BCUT2D eigenvalue weighted by atomic mass is 10.00. The van der Waals surface area contributed by atoms with Gasteiger partial charge in [0.15, 0.2) is 28.9 Å². The van der Waals surface area contributed by atoms with E-state index in [1.807, 2.05) is 97.1 Å². The summed E-state index contributed by atoms with van der Waals surface area (Å²) in [4.78, 5) is 25.2. The molecule has 0 saturated heterocycles. The molecule has 0 N–H and O–H groups in total. The second kappa shape index (κ2) is 13.2. The fraction of sp³-hybridized carbons (Fsp3) is 0. The molecule has 0 amide bonds. The van der Waals surface area contributed by atoms with Crippen LogP contribution in [0.4, 0.5) is 0 Å². The van der Waals surface area contributed by atoms with Gasteiger partial charge in [0, 0.05) is 53.4 Å². The van der Waals surface area contributed by atoms with Gasteiger partial charge in [-0.15, -0.1) is 11.3 Å². The zero-order valence-corrected chi connectivity index (χ0v) is 30.6. The predicted octanol–water partition coefficient (Wildman–Crippen LogP) is 12.9. The van der Waals surface area contributed by atoms with Gasteiger partial charge in [-0.2, -0.15) is 0 Å². The Balaban J connectivity index is 1.03. The van der Waals surface area contributed by atoms with E-state index in [1.54, 1.807) is 11.3 Å². The SMILES string of the molecule is c1ccc(-c2nc(-c3ccccc3)nc(-c3cccc(-c4ccc5c(c4)sc4cccc(-c6nc(-c7ccccc7)c7oc8ccccc8c7n6)c45)c3)n2)cc1. The molecule has 0 aliphatic carbocycles. The first kappa shape index (κ1) is 32.1. The van der Waals surface area contributed by atoms with E-state index in [4.69, 9.17) is 29.3 Å². The van der Waals surface area contributed by atoms with Crippen molar-refractivity contribution in [3.05, 3.63) is 176 Å². The van der Waals surface area contributed by atoms with E-state index < -0.39 is 0 Å². The van der Waals surface area contributed by atoms with Crippen molar-refractivity contribution in [2.45, 2.75) is 0 Å². The Morgan fingerprint density at radius 3 is 1.70 bits per heavy atom. The summed E-state index contributed by atoms with van der Waals surface area (Å²) in [5, 5.41) is 3.29. The molecule has 4 heterocycles. The first-order chi connectivity index (χ1) is 27.7. The quantitative estimate of drug-likeness (QED) is 0.169. The molecule has 0 bridgehead atoms. The number of aromatic nitrogens is 5. The lowest BCUT2D eigenvalue weighted by Crippen LogP contribution is -2.00. The van der Waals surface area contributed by atoms with Gasteiger partial charge < -0.3 is 4.42 Å². The summed E-state index contributed by atoms with van der Waals surface area (Å²) in [6.45, 7) is 0. The Morgan fingerprint density at radius 1 is 0.375 bits per heavy atom. The summed E-state index contributed by atoms with van der Waals surface area (Å²) in [5.74, 6) is 2.58. The highest BCUT2D eigenvalue weighted by atomic mass is 32.1. The summed E-state index contributed by atoms with van der Waals surface area (Å²) >= 11 is 1.78. The molecule has 0 unspecified atom stereocenters. The molecule has 0 saturated carbocycles. The number of benzene rings is 7. The number of fused-ring (bicyclic) bond motifs is 6. The van der Waals surface area contributed by atoms with Crippen LogP contribution in [0, 0.1) is 0 Å². The maximum Gasteiger partial charge on any atom is 0.180 e. The van der Waals surface area contributed by atoms with Crippen molar-refractivity contribution in [1.29, 1.82) is 0 Å². The van der Waals surface area contributed by atoms with Crippen LogP contribution in [0.5, 0.6) is 0 Å². The van der Waals surface area contributed by atoms with Crippen LogP contribution in [0.1, 0.15) is 0 Å².